The van der Waals surface area contributed by atoms with E-state index in [9.17, 15) is 4.79 Å². The van der Waals surface area contributed by atoms with E-state index in [0.717, 1.165) is 24.3 Å². The predicted octanol–water partition coefficient (Wildman–Crippen LogP) is 1.87. The summed E-state index contributed by atoms with van der Waals surface area (Å²) in [7, 11) is 0. The Bertz CT molecular complexity index is 511. The third kappa shape index (κ3) is 3.39. The van der Waals surface area contributed by atoms with Crippen LogP contribution in [0.2, 0.25) is 0 Å². The maximum Gasteiger partial charge on any atom is 0.254 e. The van der Waals surface area contributed by atoms with Gasteiger partial charge in [-0.3, -0.25) is 4.79 Å². The topological polar surface area (TPSA) is 60.5 Å². The van der Waals surface area contributed by atoms with Gasteiger partial charge in [0.1, 0.15) is 5.03 Å². The molecule has 3 unspecified atom stereocenters. The molecule has 1 aromatic heterocycles. The predicted molar refractivity (Wildman–Crippen MR) is 80.6 cm³/mol. The van der Waals surface area contributed by atoms with Crippen LogP contribution in [0, 0.1) is 0 Å². The van der Waals surface area contributed by atoms with Crippen molar-refractivity contribution in [2.24, 2.45) is 0 Å². The lowest BCUT2D eigenvalue weighted by Crippen LogP contribution is -2.49. The van der Waals surface area contributed by atoms with Crippen LogP contribution in [-0.2, 0) is 9.47 Å². The van der Waals surface area contributed by atoms with Crippen molar-refractivity contribution in [1.29, 1.82) is 0 Å². The summed E-state index contributed by atoms with van der Waals surface area (Å²) in [4.78, 5) is 16.7. The average Bonchev–Trinajstić information content (AvgIpc) is 2.54. The first-order valence-corrected chi connectivity index (χ1v) is 8.53. The highest BCUT2D eigenvalue weighted by atomic mass is 32.2. The first kappa shape index (κ1) is 14.8. The number of amides is 1. The molecule has 1 amide bonds. The minimum Gasteiger partial charge on any atom is -0.373 e. The van der Waals surface area contributed by atoms with Crippen LogP contribution in [0.5, 0.6) is 0 Å². The fourth-order valence-electron chi connectivity index (χ4n) is 2.99. The minimum absolute atomic E-state index is 0.0485. The molecular weight excluding hydrogens is 288 g/mol. The van der Waals surface area contributed by atoms with Crippen LogP contribution in [0.3, 0.4) is 0 Å². The molecule has 1 saturated heterocycles. The number of hydrogen-bond donors (Lipinski definition) is 1. The van der Waals surface area contributed by atoms with Gasteiger partial charge in [0.25, 0.3) is 5.91 Å². The molecule has 0 spiro atoms. The second-order valence-electron chi connectivity index (χ2n) is 5.36. The van der Waals surface area contributed by atoms with E-state index in [1.165, 1.54) is 11.8 Å². The minimum atomic E-state index is -0.0485. The largest absolute Gasteiger partial charge is 0.373 e. The van der Waals surface area contributed by atoms with Crippen molar-refractivity contribution in [1.82, 2.24) is 10.3 Å². The summed E-state index contributed by atoms with van der Waals surface area (Å²) >= 11 is 1.49. The number of pyridine rings is 1. The van der Waals surface area contributed by atoms with Crippen molar-refractivity contribution in [2.75, 3.05) is 19.5 Å². The monoisotopic (exact) mass is 308 g/mol. The van der Waals surface area contributed by atoms with Gasteiger partial charge in [0.05, 0.1) is 31.0 Å². The van der Waals surface area contributed by atoms with Crippen LogP contribution in [0.1, 0.15) is 29.6 Å². The van der Waals surface area contributed by atoms with Crippen molar-refractivity contribution in [3.63, 3.8) is 0 Å². The number of nitrogens with one attached hydrogen (secondary N) is 1. The van der Waals surface area contributed by atoms with Gasteiger partial charge >= 0.3 is 0 Å². The van der Waals surface area contributed by atoms with Crippen LogP contribution in [0.4, 0.5) is 0 Å². The molecule has 21 heavy (non-hydrogen) atoms. The van der Waals surface area contributed by atoms with Crippen LogP contribution >= 0.6 is 11.8 Å². The molecule has 2 fully saturated rings. The van der Waals surface area contributed by atoms with Gasteiger partial charge < -0.3 is 14.8 Å². The van der Waals surface area contributed by atoms with E-state index in [1.54, 1.807) is 12.3 Å². The van der Waals surface area contributed by atoms with Crippen LogP contribution in [-0.4, -0.2) is 48.6 Å². The summed E-state index contributed by atoms with van der Waals surface area (Å²) in [6.45, 7) is 1.34. The summed E-state index contributed by atoms with van der Waals surface area (Å²) in [5, 5.41) is 3.88. The van der Waals surface area contributed by atoms with E-state index in [2.05, 4.69) is 10.3 Å². The standard InChI is InChI=1S/C15H20N2O3S/c1-21-15-11(3-2-6-16-15)14(18)17-10-4-5-12-13(9-10)20-8-7-19-12/h2-3,6,10,12-13H,4-5,7-9H2,1H3,(H,17,18). The molecule has 1 aliphatic carbocycles. The zero-order chi connectivity index (χ0) is 14.7. The average molecular weight is 308 g/mol. The highest BCUT2D eigenvalue weighted by molar-refractivity contribution is 7.98. The quantitative estimate of drug-likeness (QED) is 0.864. The summed E-state index contributed by atoms with van der Waals surface area (Å²) in [5.41, 5.74) is 0.646. The zero-order valence-electron chi connectivity index (χ0n) is 12.1. The summed E-state index contributed by atoms with van der Waals surface area (Å²) in [6, 6.07) is 3.76. The maximum atomic E-state index is 12.4. The van der Waals surface area contributed by atoms with E-state index < -0.39 is 0 Å². The highest BCUT2D eigenvalue weighted by Gasteiger charge is 2.34. The van der Waals surface area contributed by atoms with Crippen LogP contribution in [0.25, 0.3) is 0 Å². The lowest BCUT2D eigenvalue weighted by atomic mass is 9.89. The lowest BCUT2D eigenvalue weighted by molar-refractivity contribution is -0.157. The number of rotatable bonds is 3. The number of fused-ring (bicyclic) bond motifs is 1. The number of nitrogens with zero attached hydrogens (tertiary/aromatic N) is 1. The second kappa shape index (κ2) is 6.77. The molecule has 3 rings (SSSR count). The Labute approximate surface area is 128 Å². The molecule has 1 N–H and O–H groups in total. The van der Waals surface area contributed by atoms with Crippen molar-refractivity contribution < 1.29 is 14.3 Å². The molecule has 2 heterocycles. The van der Waals surface area contributed by atoms with Gasteiger partial charge in [-0.2, -0.15) is 0 Å². The molecular formula is C15H20N2O3S. The van der Waals surface area contributed by atoms with Gasteiger partial charge in [-0.15, -0.1) is 11.8 Å². The molecule has 0 radical (unpaired) electrons. The molecule has 5 nitrogen and oxygen atoms in total. The van der Waals surface area contributed by atoms with Gasteiger partial charge in [-0.25, -0.2) is 4.98 Å². The van der Waals surface area contributed by atoms with E-state index in [1.807, 2.05) is 12.3 Å². The molecule has 0 aromatic carbocycles. The van der Waals surface area contributed by atoms with E-state index in [4.69, 9.17) is 9.47 Å². The Hall–Kier alpha value is -1.11. The number of ether oxygens (including phenoxy) is 2. The van der Waals surface area contributed by atoms with Crippen molar-refractivity contribution in [3.8, 4) is 0 Å². The molecule has 0 bridgehead atoms. The number of hydrogen-bond acceptors (Lipinski definition) is 5. The molecule has 2 aliphatic rings. The normalized spacial score (nSPS) is 28.7. The fraction of sp³-hybridized carbons (Fsp3) is 0.600. The van der Waals surface area contributed by atoms with Crippen LogP contribution in [0.15, 0.2) is 23.4 Å². The van der Waals surface area contributed by atoms with Gasteiger partial charge in [0, 0.05) is 12.2 Å². The number of carbonyl (C=O) groups is 1. The molecule has 1 aromatic rings. The first-order valence-electron chi connectivity index (χ1n) is 7.31. The summed E-state index contributed by atoms with van der Waals surface area (Å²) < 4.78 is 11.5. The molecule has 114 valence electrons. The molecule has 6 heteroatoms. The maximum absolute atomic E-state index is 12.4. The Kier molecular flexibility index (Phi) is 4.77. The van der Waals surface area contributed by atoms with Crippen LogP contribution < -0.4 is 5.32 Å². The van der Waals surface area contributed by atoms with E-state index >= 15 is 0 Å². The highest BCUT2D eigenvalue weighted by Crippen LogP contribution is 2.27. The molecule has 1 saturated carbocycles. The Morgan fingerprint density at radius 2 is 2.14 bits per heavy atom. The summed E-state index contributed by atoms with van der Waals surface area (Å²) in [5.74, 6) is -0.0485. The Morgan fingerprint density at radius 1 is 1.33 bits per heavy atom. The van der Waals surface area contributed by atoms with Crippen molar-refractivity contribution >= 4 is 17.7 Å². The Morgan fingerprint density at radius 3 is 2.95 bits per heavy atom. The van der Waals surface area contributed by atoms with Crippen molar-refractivity contribution in [2.45, 2.75) is 42.5 Å². The molecule has 1 aliphatic heterocycles. The smallest absolute Gasteiger partial charge is 0.254 e. The number of carbonyl (C=O) groups excluding carboxylic acids is 1. The van der Waals surface area contributed by atoms with Gasteiger partial charge in [0.15, 0.2) is 0 Å². The third-order valence-corrected chi connectivity index (χ3v) is 4.73. The first-order chi connectivity index (χ1) is 10.3. The molecule has 3 atom stereocenters. The van der Waals surface area contributed by atoms with E-state index in [0.29, 0.717) is 18.8 Å². The van der Waals surface area contributed by atoms with Gasteiger partial charge in [-0.1, -0.05) is 0 Å². The van der Waals surface area contributed by atoms with Crippen molar-refractivity contribution in [3.05, 3.63) is 23.9 Å². The third-order valence-electron chi connectivity index (χ3n) is 4.02. The lowest BCUT2D eigenvalue weighted by Gasteiger charge is -2.39. The fourth-order valence-corrected chi connectivity index (χ4v) is 3.53. The second-order valence-corrected chi connectivity index (χ2v) is 6.16. The van der Waals surface area contributed by atoms with Gasteiger partial charge in [0.2, 0.25) is 0 Å². The summed E-state index contributed by atoms with van der Waals surface area (Å²) in [6.07, 6.45) is 6.66. The SMILES string of the molecule is CSc1ncccc1C(=O)NC1CCC2OCCOC2C1. The Balaban J connectivity index is 1.62. The zero-order valence-corrected chi connectivity index (χ0v) is 12.9. The van der Waals surface area contributed by atoms with Gasteiger partial charge in [-0.05, 0) is 37.7 Å². The number of aromatic nitrogens is 1. The van der Waals surface area contributed by atoms with E-state index in [-0.39, 0.29) is 24.2 Å². The number of thioether (sulfide) groups is 1.